The molecule has 0 unspecified atom stereocenters. The molecule has 1 aromatic heterocycles. The number of benzene rings is 1. The number of ether oxygens (including phenoxy) is 1. The van der Waals surface area contributed by atoms with Crippen LogP contribution in [0.5, 0.6) is 5.75 Å². The van der Waals surface area contributed by atoms with Crippen molar-refractivity contribution in [3.05, 3.63) is 47.5 Å². The van der Waals surface area contributed by atoms with Crippen LogP contribution in [0.25, 0.3) is 0 Å². The monoisotopic (exact) mass is 235 g/mol. The van der Waals surface area contributed by atoms with E-state index in [-0.39, 0.29) is 11.6 Å². The molecule has 1 heterocycles. The van der Waals surface area contributed by atoms with Gasteiger partial charge in [-0.3, -0.25) is 4.68 Å². The van der Waals surface area contributed by atoms with Crippen LogP contribution in [0.2, 0.25) is 0 Å². The number of methoxy groups -OCH3 is 1. The molecule has 0 saturated heterocycles. The lowest BCUT2D eigenvalue weighted by Crippen LogP contribution is -2.04. The third kappa shape index (κ3) is 2.62. The van der Waals surface area contributed by atoms with Crippen molar-refractivity contribution >= 4 is 0 Å². The lowest BCUT2D eigenvalue weighted by atomic mass is 10.2. The highest BCUT2D eigenvalue weighted by molar-refractivity contribution is 5.29. The number of halogens is 1. The van der Waals surface area contributed by atoms with Crippen molar-refractivity contribution in [1.82, 2.24) is 9.78 Å². The van der Waals surface area contributed by atoms with Gasteiger partial charge in [-0.25, -0.2) is 4.39 Å². The summed E-state index contributed by atoms with van der Waals surface area (Å²) < 4.78 is 20.0. The van der Waals surface area contributed by atoms with Crippen LogP contribution in [-0.4, -0.2) is 16.9 Å². The first kappa shape index (κ1) is 11.6. The summed E-state index contributed by atoms with van der Waals surface area (Å²) >= 11 is 0. The fraction of sp³-hybridized carbons (Fsp3) is 0.250. The molecule has 2 rings (SSSR count). The molecule has 0 aliphatic heterocycles. The van der Waals surface area contributed by atoms with E-state index in [0.717, 1.165) is 11.3 Å². The maximum absolute atomic E-state index is 13.4. The van der Waals surface area contributed by atoms with Crippen LogP contribution in [0, 0.1) is 5.82 Å². The molecule has 4 nitrogen and oxygen atoms in total. The molecule has 2 N–H and O–H groups in total. The molecule has 0 radical (unpaired) electrons. The normalized spacial score (nSPS) is 10.5. The third-order valence-electron chi connectivity index (χ3n) is 2.47. The second-order valence-corrected chi connectivity index (χ2v) is 3.68. The summed E-state index contributed by atoms with van der Waals surface area (Å²) in [5.41, 5.74) is 7.11. The predicted octanol–water partition coefficient (Wildman–Crippen LogP) is 1.54. The SMILES string of the molecule is COc1ccc(Cn2ccc(CN)n2)cc1F. The Kier molecular flexibility index (Phi) is 3.39. The number of hydrogen-bond donors (Lipinski definition) is 1. The quantitative estimate of drug-likeness (QED) is 0.874. The average molecular weight is 235 g/mol. The van der Waals surface area contributed by atoms with Crippen molar-refractivity contribution in [2.45, 2.75) is 13.1 Å². The Morgan fingerprint density at radius 1 is 1.41 bits per heavy atom. The van der Waals surface area contributed by atoms with Gasteiger partial charge in [0.15, 0.2) is 11.6 Å². The maximum atomic E-state index is 13.4. The topological polar surface area (TPSA) is 53.1 Å². The summed E-state index contributed by atoms with van der Waals surface area (Å²) in [6.45, 7) is 0.922. The second-order valence-electron chi connectivity index (χ2n) is 3.68. The molecule has 0 bridgehead atoms. The van der Waals surface area contributed by atoms with Crippen molar-refractivity contribution in [2.75, 3.05) is 7.11 Å². The average Bonchev–Trinajstić information content (AvgIpc) is 2.77. The summed E-state index contributed by atoms with van der Waals surface area (Å²) in [6, 6.07) is 6.71. The van der Waals surface area contributed by atoms with Gasteiger partial charge in [-0.05, 0) is 23.8 Å². The van der Waals surface area contributed by atoms with Gasteiger partial charge in [-0.2, -0.15) is 5.10 Å². The van der Waals surface area contributed by atoms with E-state index in [2.05, 4.69) is 5.10 Å². The summed E-state index contributed by atoms with van der Waals surface area (Å²) in [7, 11) is 1.44. The van der Waals surface area contributed by atoms with Gasteiger partial charge >= 0.3 is 0 Å². The molecule has 5 heteroatoms. The van der Waals surface area contributed by atoms with Crippen LogP contribution in [0.15, 0.2) is 30.5 Å². The number of hydrogen-bond acceptors (Lipinski definition) is 3. The summed E-state index contributed by atoms with van der Waals surface area (Å²) in [6.07, 6.45) is 1.82. The van der Waals surface area contributed by atoms with Crippen molar-refractivity contribution in [3.8, 4) is 5.75 Å². The maximum Gasteiger partial charge on any atom is 0.165 e. The van der Waals surface area contributed by atoms with E-state index in [1.54, 1.807) is 10.7 Å². The molecule has 17 heavy (non-hydrogen) atoms. The molecule has 0 atom stereocenters. The van der Waals surface area contributed by atoms with Gasteiger partial charge in [0.25, 0.3) is 0 Å². The Hall–Kier alpha value is -1.88. The highest BCUT2D eigenvalue weighted by atomic mass is 19.1. The van der Waals surface area contributed by atoms with Gasteiger partial charge in [0.05, 0.1) is 19.3 Å². The van der Waals surface area contributed by atoms with E-state index in [9.17, 15) is 4.39 Å². The van der Waals surface area contributed by atoms with E-state index in [1.807, 2.05) is 18.3 Å². The zero-order valence-corrected chi connectivity index (χ0v) is 9.56. The van der Waals surface area contributed by atoms with Crippen LogP contribution < -0.4 is 10.5 Å². The zero-order chi connectivity index (χ0) is 12.3. The molecular formula is C12H14FN3O. The Labute approximate surface area is 98.8 Å². The van der Waals surface area contributed by atoms with Gasteiger partial charge in [-0.1, -0.05) is 6.07 Å². The minimum absolute atomic E-state index is 0.247. The minimum atomic E-state index is -0.365. The summed E-state index contributed by atoms with van der Waals surface area (Å²) in [5, 5.41) is 4.23. The van der Waals surface area contributed by atoms with Crippen LogP contribution in [0.3, 0.4) is 0 Å². The largest absolute Gasteiger partial charge is 0.494 e. The van der Waals surface area contributed by atoms with E-state index >= 15 is 0 Å². The molecule has 0 spiro atoms. The van der Waals surface area contributed by atoms with Gasteiger partial charge in [0, 0.05) is 12.7 Å². The van der Waals surface area contributed by atoms with Crippen molar-refractivity contribution in [1.29, 1.82) is 0 Å². The van der Waals surface area contributed by atoms with E-state index in [4.69, 9.17) is 10.5 Å². The number of nitrogens with zero attached hydrogens (tertiary/aromatic N) is 2. The van der Waals surface area contributed by atoms with Crippen molar-refractivity contribution in [2.24, 2.45) is 5.73 Å². The van der Waals surface area contributed by atoms with Crippen LogP contribution in [-0.2, 0) is 13.1 Å². The van der Waals surface area contributed by atoms with Crippen molar-refractivity contribution in [3.63, 3.8) is 0 Å². The highest BCUT2D eigenvalue weighted by Crippen LogP contribution is 2.18. The molecule has 90 valence electrons. The number of aromatic nitrogens is 2. The fourth-order valence-corrected chi connectivity index (χ4v) is 1.60. The first-order valence-corrected chi connectivity index (χ1v) is 5.27. The van der Waals surface area contributed by atoms with Gasteiger partial charge in [0.2, 0.25) is 0 Å². The van der Waals surface area contributed by atoms with Crippen LogP contribution in [0.4, 0.5) is 4.39 Å². The molecule has 2 aromatic rings. The van der Waals surface area contributed by atoms with E-state index in [0.29, 0.717) is 13.1 Å². The standard InChI is InChI=1S/C12H14FN3O/c1-17-12-3-2-9(6-11(12)13)8-16-5-4-10(7-14)15-16/h2-6H,7-8,14H2,1H3. The number of nitrogens with two attached hydrogens (primary N) is 1. The van der Waals surface area contributed by atoms with Crippen LogP contribution >= 0.6 is 0 Å². The minimum Gasteiger partial charge on any atom is -0.494 e. The van der Waals surface area contributed by atoms with E-state index < -0.39 is 0 Å². The molecular weight excluding hydrogens is 221 g/mol. The Balaban J connectivity index is 2.15. The van der Waals surface area contributed by atoms with Crippen molar-refractivity contribution < 1.29 is 9.13 Å². The first-order chi connectivity index (χ1) is 8.22. The van der Waals surface area contributed by atoms with E-state index in [1.165, 1.54) is 13.2 Å². The third-order valence-corrected chi connectivity index (χ3v) is 2.47. The lowest BCUT2D eigenvalue weighted by molar-refractivity contribution is 0.386. The summed E-state index contributed by atoms with van der Waals surface area (Å²) in [4.78, 5) is 0. The van der Waals surface area contributed by atoms with Gasteiger partial charge in [-0.15, -0.1) is 0 Å². The van der Waals surface area contributed by atoms with Gasteiger partial charge in [0.1, 0.15) is 0 Å². The van der Waals surface area contributed by atoms with Crippen LogP contribution in [0.1, 0.15) is 11.3 Å². The number of rotatable bonds is 4. The Morgan fingerprint density at radius 3 is 2.82 bits per heavy atom. The molecule has 0 saturated carbocycles. The highest BCUT2D eigenvalue weighted by Gasteiger charge is 2.04. The first-order valence-electron chi connectivity index (χ1n) is 5.27. The molecule has 0 fully saturated rings. The fourth-order valence-electron chi connectivity index (χ4n) is 1.60. The smallest absolute Gasteiger partial charge is 0.165 e. The molecule has 1 aromatic carbocycles. The predicted molar refractivity (Wildman–Crippen MR) is 62.2 cm³/mol. The summed E-state index contributed by atoms with van der Waals surface area (Å²) in [5.74, 6) is -0.118. The second kappa shape index (κ2) is 4.97. The zero-order valence-electron chi connectivity index (χ0n) is 9.56. The lowest BCUT2D eigenvalue weighted by Gasteiger charge is -2.05. The molecule has 0 aliphatic carbocycles. The molecule has 0 aliphatic rings. The van der Waals surface area contributed by atoms with Gasteiger partial charge < -0.3 is 10.5 Å². The molecule has 0 amide bonds. The Bertz CT molecular complexity index is 510. The Morgan fingerprint density at radius 2 is 2.24 bits per heavy atom.